The van der Waals surface area contributed by atoms with Crippen molar-refractivity contribution in [2.75, 3.05) is 35.0 Å². The van der Waals surface area contributed by atoms with Crippen molar-refractivity contribution >= 4 is 24.5 Å². The number of hydrogen-bond acceptors (Lipinski definition) is 11. The van der Waals surface area contributed by atoms with Crippen LogP contribution in [0.4, 0.5) is 0 Å². The van der Waals surface area contributed by atoms with Crippen LogP contribution in [0, 0.1) is 0 Å². The monoisotopic (exact) mass is 1020 g/mol. The molecule has 3 N–H and O–H groups in total. The van der Waals surface area contributed by atoms with Crippen LogP contribution in [0.1, 0.15) is 39.6 Å². The van der Waals surface area contributed by atoms with Crippen molar-refractivity contribution in [3.63, 3.8) is 0 Å². The summed E-state index contributed by atoms with van der Waals surface area (Å²) in [4.78, 5) is 41.6. The van der Waals surface area contributed by atoms with Crippen LogP contribution in [0.25, 0.3) is 0 Å². The molecule has 1 saturated heterocycles. The van der Waals surface area contributed by atoms with Crippen LogP contribution < -0.4 is 35.5 Å². The molecular weight excluding hydrogens is 971 g/mol. The smallest absolute Gasteiger partial charge is 0.358 e. The summed E-state index contributed by atoms with van der Waals surface area (Å²) >= 11 is 6.21. The molecule has 0 bridgehead atoms. The van der Waals surface area contributed by atoms with Crippen LogP contribution >= 0.6 is 19.2 Å². The second-order valence-electron chi connectivity index (χ2n) is 17.3. The predicted molar refractivity (Wildman–Crippen MR) is 277 cm³/mol. The van der Waals surface area contributed by atoms with Gasteiger partial charge in [-0.25, -0.2) is 4.79 Å². The van der Waals surface area contributed by atoms with Gasteiger partial charge in [0, 0.05) is 17.3 Å². The number of nitrogens with zero attached hydrogens (tertiary/aromatic N) is 1. The Bertz CT molecular complexity index is 3210. The molecule has 73 heavy (non-hydrogen) atoms. The minimum atomic E-state index is -4.72. The first kappa shape index (κ1) is 50.7. The normalized spacial score (nSPS) is 18.6. The zero-order valence-corrected chi connectivity index (χ0v) is 41.8. The van der Waals surface area contributed by atoms with E-state index in [-0.39, 0.29) is 5.30 Å². The lowest BCUT2D eigenvalue weighted by Crippen LogP contribution is -2.65. The first-order chi connectivity index (χ1) is 35.3. The van der Waals surface area contributed by atoms with Crippen LogP contribution in [0.15, 0.2) is 204 Å². The Labute approximate surface area is 426 Å². The van der Waals surface area contributed by atoms with Crippen molar-refractivity contribution in [1.29, 1.82) is 0 Å². The Morgan fingerprint density at radius 2 is 1.01 bits per heavy atom. The van der Waals surface area contributed by atoms with Crippen LogP contribution in [0.3, 0.4) is 0 Å². The summed E-state index contributed by atoms with van der Waals surface area (Å²) in [5.41, 5.74) is -4.66. The first-order valence-corrected chi connectivity index (χ1v) is 25.1. The second-order valence-corrected chi connectivity index (χ2v) is 19.5. The SMILES string of the molecule is COc1ccc(C(O[C@@H]2[C@@H](COP(=O)(O)c3ccc(Cl)cc3)O[C@@H](n3ccc(=O)[nH]c3=O)[C@@]2(O)C(c2ccccc2)(c2ccc(OC)cc2)c2ccc(OC)cc2)(c2ccccc2)c2ccc(OC)cc2)cc1. The molecule has 1 unspecified atom stereocenters. The lowest BCUT2D eigenvalue weighted by Gasteiger charge is -2.53. The number of nitrogens with one attached hydrogen (secondary N) is 1. The molecule has 374 valence electrons. The van der Waals surface area contributed by atoms with Gasteiger partial charge < -0.3 is 42.9 Å². The van der Waals surface area contributed by atoms with E-state index in [9.17, 15) is 19.0 Å². The maximum absolute atomic E-state index is 15.4. The molecule has 0 saturated carbocycles. The number of benzene rings is 7. The number of aromatic nitrogens is 2. The summed E-state index contributed by atoms with van der Waals surface area (Å²) in [5, 5.41) is 15.7. The predicted octanol–water partition coefficient (Wildman–Crippen LogP) is 8.79. The number of hydrogen-bond donors (Lipinski definition) is 3. The van der Waals surface area contributed by atoms with Gasteiger partial charge >= 0.3 is 13.3 Å². The Hall–Kier alpha value is -7.26. The van der Waals surface area contributed by atoms with Gasteiger partial charge in [0.25, 0.3) is 5.56 Å². The summed E-state index contributed by atoms with van der Waals surface area (Å²) in [5.74, 6) is 2.11. The van der Waals surface area contributed by atoms with E-state index in [1.807, 2.05) is 109 Å². The lowest BCUT2D eigenvalue weighted by molar-refractivity contribution is -0.177. The lowest BCUT2D eigenvalue weighted by atomic mass is 9.56. The van der Waals surface area contributed by atoms with Gasteiger partial charge in [0.1, 0.15) is 40.8 Å². The molecule has 1 aliphatic rings. The van der Waals surface area contributed by atoms with Crippen LogP contribution in [-0.2, 0) is 29.6 Å². The molecule has 0 radical (unpaired) electrons. The summed E-state index contributed by atoms with van der Waals surface area (Å²) in [6.07, 6.45) is -3.80. The van der Waals surface area contributed by atoms with Gasteiger partial charge in [-0.1, -0.05) is 121 Å². The highest BCUT2D eigenvalue weighted by atomic mass is 35.5. The Kier molecular flexibility index (Phi) is 14.6. The van der Waals surface area contributed by atoms with Gasteiger partial charge in [-0.05, 0) is 106 Å². The van der Waals surface area contributed by atoms with Crippen molar-refractivity contribution in [3.05, 3.63) is 253 Å². The third-order valence-corrected chi connectivity index (χ3v) is 15.2. The minimum absolute atomic E-state index is 0.0683. The highest BCUT2D eigenvalue weighted by Crippen LogP contribution is 2.60. The Balaban J connectivity index is 1.44. The second kappa shape index (κ2) is 21.1. The zero-order valence-electron chi connectivity index (χ0n) is 40.2. The van der Waals surface area contributed by atoms with E-state index in [2.05, 4.69) is 4.98 Å². The quantitative estimate of drug-likeness (QED) is 0.0551. The topological polar surface area (TPSA) is 177 Å². The largest absolute Gasteiger partial charge is 0.497 e. The molecule has 9 rings (SSSR count). The molecule has 7 aromatic carbocycles. The highest BCUT2D eigenvalue weighted by molar-refractivity contribution is 7.61. The van der Waals surface area contributed by atoms with Gasteiger partial charge in [0.2, 0.25) is 0 Å². The van der Waals surface area contributed by atoms with Gasteiger partial charge in [0.15, 0.2) is 11.8 Å². The number of rotatable bonds is 18. The van der Waals surface area contributed by atoms with E-state index in [4.69, 9.17) is 44.5 Å². The van der Waals surface area contributed by atoms with Gasteiger partial charge in [-0.15, -0.1) is 0 Å². The number of ether oxygens (including phenoxy) is 6. The van der Waals surface area contributed by atoms with Crippen molar-refractivity contribution in [3.8, 4) is 23.0 Å². The number of H-pyrrole nitrogens is 1. The molecule has 0 aliphatic carbocycles. The highest BCUT2D eigenvalue weighted by Gasteiger charge is 2.71. The average molecular weight is 1020 g/mol. The number of halogens is 1. The van der Waals surface area contributed by atoms with E-state index in [1.165, 1.54) is 30.5 Å². The molecule has 1 aromatic heterocycles. The number of aromatic amines is 1. The molecule has 8 aromatic rings. The van der Waals surface area contributed by atoms with Gasteiger partial charge in [0.05, 0.1) is 45.8 Å². The molecule has 1 fully saturated rings. The standard InChI is InChI=1S/C57H52ClN2O12P/c1-66-45-25-15-39(16-26-45)55(38-11-7-5-8-12-38,40-17-27-46(67-2)28-18-40)57(63)52(50(71-53(57)60-36-35-51(61)59-54(60)62)37-70-73(64,65)49-33-23-44(58)24-34-49)72-56(41-13-9-6-10-14-41,42-19-29-47(68-3)30-20-42)43-21-31-48(69-4)32-22-43/h5-36,50,52-53,63H,37H2,1-4H3,(H,64,65)(H,59,61,62)/t50-,52-,53-,57-/m1/s1. The number of methoxy groups -OCH3 is 4. The third-order valence-electron chi connectivity index (χ3n) is 13.5. The van der Waals surface area contributed by atoms with Crippen LogP contribution in [0.2, 0.25) is 5.02 Å². The summed E-state index contributed by atoms with van der Waals surface area (Å²) in [7, 11) is 1.49. The average Bonchev–Trinajstić information content (AvgIpc) is 3.70. The van der Waals surface area contributed by atoms with Gasteiger partial charge in [-0.2, -0.15) is 0 Å². The van der Waals surface area contributed by atoms with Crippen LogP contribution in [-0.4, -0.2) is 72.4 Å². The van der Waals surface area contributed by atoms with Gasteiger partial charge in [-0.3, -0.25) is 18.9 Å². The summed E-state index contributed by atoms with van der Waals surface area (Å²) < 4.78 is 59.5. The Morgan fingerprint density at radius 1 is 0.603 bits per heavy atom. The summed E-state index contributed by atoms with van der Waals surface area (Å²) in [6.45, 7) is -0.704. The molecular formula is C57H52ClN2O12P. The fraction of sp³-hybridized carbons (Fsp3) is 0.193. The Morgan fingerprint density at radius 3 is 1.45 bits per heavy atom. The molecule has 0 amide bonds. The van der Waals surface area contributed by atoms with Crippen molar-refractivity contribution < 1.29 is 47.5 Å². The molecule has 1 aliphatic heterocycles. The zero-order chi connectivity index (χ0) is 51.4. The van der Waals surface area contributed by atoms with Crippen LogP contribution in [0.5, 0.6) is 23.0 Å². The number of aliphatic hydroxyl groups is 1. The maximum Gasteiger partial charge on any atom is 0.358 e. The van der Waals surface area contributed by atoms with E-state index >= 15 is 5.11 Å². The fourth-order valence-electron chi connectivity index (χ4n) is 10.0. The minimum Gasteiger partial charge on any atom is -0.497 e. The molecule has 0 spiro atoms. The first-order valence-electron chi connectivity index (χ1n) is 23.1. The van der Waals surface area contributed by atoms with Crippen molar-refractivity contribution in [2.45, 2.75) is 35.1 Å². The van der Waals surface area contributed by atoms with E-state index in [0.717, 1.165) is 10.6 Å². The van der Waals surface area contributed by atoms with E-state index in [1.54, 1.807) is 77.0 Å². The molecule has 2 heterocycles. The van der Waals surface area contributed by atoms with Crippen molar-refractivity contribution in [1.82, 2.24) is 9.55 Å². The maximum atomic E-state index is 15.4. The summed E-state index contributed by atoms with van der Waals surface area (Å²) in [6, 6.07) is 54.2. The molecule has 5 atom stereocenters. The molecule has 16 heteroatoms. The fourth-order valence-corrected chi connectivity index (χ4v) is 11.2. The van der Waals surface area contributed by atoms with E-state index < -0.39 is 60.5 Å². The molecule has 14 nitrogen and oxygen atoms in total. The third kappa shape index (κ3) is 9.28. The van der Waals surface area contributed by atoms with E-state index in [0.29, 0.717) is 61.4 Å². The van der Waals surface area contributed by atoms with Crippen molar-refractivity contribution in [2.24, 2.45) is 0 Å².